The normalized spacial score (nSPS) is 12.2. The molecule has 0 aliphatic heterocycles. The fourth-order valence-electron chi connectivity index (χ4n) is 1.49. The fraction of sp³-hybridized carbons (Fsp3) is 0.500. The van der Waals surface area contributed by atoms with Gasteiger partial charge >= 0.3 is 13.1 Å². The number of aliphatic hydroxyl groups is 1. The molecule has 0 aliphatic rings. The van der Waals surface area contributed by atoms with Gasteiger partial charge in [-0.2, -0.15) is 0 Å². The molecule has 0 heterocycles. The summed E-state index contributed by atoms with van der Waals surface area (Å²) in [7, 11) is -0.0700. The van der Waals surface area contributed by atoms with Gasteiger partial charge in [0, 0.05) is 0 Å². The van der Waals surface area contributed by atoms with Crippen molar-refractivity contribution in [2.45, 2.75) is 38.9 Å². The first-order chi connectivity index (χ1) is 9.10. The first-order valence-corrected chi connectivity index (χ1v) is 6.35. The van der Waals surface area contributed by atoms with Gasteiger partial charge in [0.15, 0.2) is 0 Å². The van der Waals surface area contributed by atoms with E-state index in [0.717, 1.165) is 0 Å². The van der Waals surface area contributed by atoms with Crippen LogP contribution in [-0.2, 0) is 9.39 Å². The third-order valence-electron chi connectivity index (χ3n) is 3.51. The number of esters is 1. The lowest BCUT2D eigenvalue weighted by molar-refractivity contribution is -0.0982. The van der Waals surface area contributed by atoms with E-state index in [1.165, 1.54) is 7.11 Å². The van der Waals surface area contributed by atoms with Crippen LogP contribution < -0.4 is 5.46 Å². The molecule has 0 saturated heterocycles. The topological polar surface area (TPSA) is 76.0 Å². The van der Waals surface area contributed by atoms with E-state index in [9.17, 15) is 14.9 Å². The maximum atomic E-state index is 11.7. The van der Waals surface area contributed by atoms with Gasteiger partial charge in [0.2, 0.25) is 0 Å². The molecular weight excluding hydrogens is 259 g/mol. The van der Waals surface area contributed by atoms with Gasteiger partial charge in [-0.15, -0.1) is 0 Å². The van der Waals surface area contributed by atoms with E-state index in [0.29, 0.717) is 5.46 Å². The molecule has 0 radical (unpaired) electrons. The van der Waals surface area contributed by atoms with Gasteiger partial charge in [-0.25, -0.2) is 4.79 Å². The van der Waals surface area contributed by atoms with Gasteiger partial charge in [0.05, 0.1) is 23.9 Å². The molecule has 20 heavy (non-hydrogen) atoms. The van der Waals surface area contributed by atoms with Crippen LogP contribution in [-0.4, -0.2) is 41.5 Å². The van der Waals surface area contributed by atoms with Crippen molar-refractivity contribution in [2.24, 2.45) is 0 Å². The van der Waals surface area contributed by atoms with Gasteiger partial charge in [-0.3, -0.25) is 0 Å². The molecule has 0 amide bonds. The molecule has 1 rings (SSSR count). The number of carbonyl (C=O) groups excluding carboxylic acids is 1. The number of hydrogen-bond acceptors (Lipinski definition) is 5. The van der Waals surface area contributed by atoms with Crippen LogP contribution in [0.15, 0.2) is 24.3 Å². The van der Waals surface area contributed by atoms with E-state index in [1.807, 2.05) is 0 Å². The van der Waals surface area contributed by atoms with Crippen LogP contribution in [0, 0.1) is 0 Å². The van der Waals surface area contributed by atoms with Crippen LogP contribution in [0.2, 0.25) is 0 Å². The molecule has 0 saturated carbocycles. The van der Waals surface area contributed by atoms with Crippen molar-refractivity contribution >= 4 is 18.6 Å². The predicted molar refractivity (Wildman–Crippen MR) is 76.9 cm³/mol. The van der Waals surface area contributed by atoms with E-state index in [2.05, 4.69) is 4.74 Å². The van der Waals surface area contributed by atoms with Crippen molar-refractivity contribution < 1.29 is 24.3 Å². The lowest BCUT2D eigenvalue weighted by Crippen LogP contribution is -2.53. The Labute approximate surface area is 119 Å². The van der Waals surface area contributed by atoms with E-state index in [4.69, 9.17) is 4.65 Å². The molecule has 0 spiro atoms. The van der Waals surface area contributed by atoms with Crippen LogP contribution in [0.1, 0.15) is 38.1 Å². The van der Waals surface area contributed by atoms with Crippen molar-refractivity contribution in [1.82, 2.24) is 0 Å². The van der Waals surface area contributed by atoms with E-state index >= 15 is 0 Å². The summed E-state index contributed by atoms with van der Waals surface area (Å²) in [5.41, 5.74) is -1.63. The summed E-state index contributed by atoms with van der Waals surface area (Å²) in [4.78, 5) is 11.7. The SMILES string of the molecule is COC(=O)c1ccccc1B(O)OC(C)(C)C(C)(C)O. The van der Waals surface area contributed by atoms with Crippen molar-refractivity contribution in [2.75, 3.05) is 7.11 Å². The zero-order valence-electron chi connectivity index (χ0n) is 12.5. The minimum atomic E-state index is -1.34. The van der Waals surface area contributed by atoms with Crippen LogP contribution in [0.4, 0.5) is 0 Å². The Morgan fingerprint density at radius 3 is 2.25 bits per heavy atom. The van der Waals surface area contributed by atoms with E-state index in [-0.39, 0.29) is 5.56 Å². The van der Waals surface area contributed by atoms with Crippen LogP contribution in [0.25, 0.3) is 0 Å². The Hall–Kier alpha value is -1.37. The predicted octanol–water partition coefficient (Wildman–Crippen LogP) is 0.727. The molecule has 1 aromatic rings. The molecule has 5 nitrogen and oxygen atoms in total. The zero-order chi connectivity index (χ0) is 15.6. The smallest absolute Gasteiger partial charge is 0.465 e. The summed E-state index contributed by atoms with van der Waals surface area (Å²) >= 11 is 0. The third kappa shape index (κ3) is 3.59. The summed E-state index contributed by atoms with van der Waals surface area (Å²) in [6.07, 6.45) is 0. The lowest BCUT2D eigenvalue weighted by atomic mass is 9.74. The molecule has 6 heteroatoms. The van der Waals surface area contributed by atoms with Gasteiger partial charge in [-0.1, -0.05) is 18.2 Å². The van der Waals surface area contributed by atoms with E-state index in [1.54, 1.807) is 52.0 Å². The van der Waals surface area contributed by atoms with Gasteiger partial charge in [-0.05, 0) is 39.2 Å². The number of rotatable bonds is 5. The summed E-state index contributed by atoms with van der Waals surface area (Å²) in [6, 6.07) is 6.48. The van der Waals surface area contributed by atoms with Crippen molar-refractivity contribution in [3.05, 3.63) is 29.8 Å². The highest BCUT2D eigenvalue weighted by molar-refractivity contribution is 6.61. The molecule has 0 aliphatic carbocycles. The van der Waals surface area contributed by atoms with Crippen molar-refractivity contribution in [3.63, 3.8) is 0 Å². The van der Waals surface area contributed by atoms with Gasteiger partial charge < -0.3 is 19.5 Å². The summed E-state index contributed by atoms with van der Waals surface area (Å²) in [5.74, 6) is -0.552. The fourth-order valence-corrected chi connectivity index (χ4v) is 1.49. The highest BCUT2D eigenvalue weighted by atomic mass is 16.5. The Morgan fingerprint density at radius 2 is 1.75 bits per heavy atom. The monoisotopic (exact) mass is 280 g/mol. The highest BCUT2D eigenvalue weighted by Gasteiger charge is 2.40. The minimum Gasteiger partial charge on any atom is -0.465 e. The average Bonchev–Trinajstić information content (AvgIpc) is 2.36. The van der Waals surface area contributed by atoms with Crippen LogP contribution >= 0.6 is 0 Å². The molecule has 1 aromatic carbocycles. The molecular formula is C14H21BO5. The second-order valence-corrected chi connectivity index (χ2v) is 5.62. The molecule has 0 bridgehead atoms. The second-order valence-electron chi connectivity index (χ2n) is 5.62. The summed E-state index contributed by atoms with van der Waals surface area (Å²) < 4.78 is 10.2. The minimum absolute atomic E-state index is 0.231. The zero-order valence-corrected chi connectivity index (χ0v) is 12.5. The summed E-state index contributed by atoms with van der Waals surface area (Å²) in [5, 5.41) is 20.2. The summed E-state index contributed by atoms with van der Waals surface area (Å²) in [6.45, 7) is 6.51. The van der Waals surface area contributed by atoms with Crippen LogP contribution in [0.3, 0.4) is 0 Å². The van der Waals surface area contributed by atoms with Crippen molar-refractivity contribution in [1.29, 1.82) is 0 Å². The Bertz CT molecular complexity index is 479. The van der Waals surface area contributed by atoms with E-state index < -0.39 is 24.3 Å². The van der Waals surface area contributed by atoms with Crippen LogP contribution in [0.5, 0.6) is 0 Å². The molecule has 0 unspecified atom stereocenters. The molecule has 2 N–H and O–H groups in total. The lowest BCUT2D eigenvalue weighted by Gasteiger charge is -2.38. The molecule has 110 valence electrons. The molecule has 0 aromatic heterocycles. The number of hydrogen-bond donors (Lipinski definition) is 2. The number of benzene rings is 1. The third-order valence-corrected chi connectivity index (χ3v) is 3.51. The average molecular weight is 280 g/mol. The van der Waals surface area contributed by atoms with Gasteiger partial charge in [0.25, 0.3) is 0 Å². The Kier molecular flexibility index (Phi) is 4.97. The first kappa shape index (κ1) is 16.7. The quantitative estimate of drug-likeness (QED) is 0.614. The second kappa shape index (κ2) is 5.95. The standard InChI is InChI=1S/C14H21BO5/c1-13(2,17)14(3,4)20-15(18)11-9-7-6-8-10(11)12(16)19-5/h6-9,17-18H,1-5H3. The molecule has 0 atom stereocenters. The maximum Gasteiger partial charge on any atom is 0.492 e. The molecule has 0 fully saturated rings. The maximum absolute atomic E-state index is 11.7. The first-order valence-electron chi connectivity index (χ1n) is 6.35. The van der Waals surface area contributed by atoms with Crippen molar-refractivity contribution in [3.8, 4) is 0 Å². The largest absolute Gasteiger partial charge is 0.492 e. The Balaban J connectivity index is 3.05. The Morgan fingerprint density at radius 1 is 1.20 bits per heavy atom. The van der Waals surface area contributed by atoms with Gasteiger partial charge in [0.1, 0.15) is 0 Å². The number of ether oxygens (including phenoxy) is 1. The highest BCUT2D eigenvalue weighted by Crippen LogP contribution is 2.25. The number of methoxy groups -OCH3 is 1. The number of carbonyl (C=O) groups is 1.